The van der Waals surface area contributed by atoms with Gasteiger partial charge in [-0.05, 0) is 23.0 Å². The highest BCUT2D eigenvalue weighted by molar-refractivity contribution is 7.98. The number of carbonyl (C=O) groups excluding carboxylic acids is 2. The van der Waals surface area contributed by atoms with Gasteiger partial charge >= 0.3 is 11.9 Å². The van der Waals surface area contributed by atoms with Crippen molar-refractivity contribution in [2.75, 3.05) is 18.9 Å². The maximum absolute atomic E-state index is 12.5. The number of nitrogens with one attached hydrogen (secondary N) is 2. The molecule has 1 aromatic rings. The number of aliphatic carboxylic acids is 2. The molecule has 208 valence electrons. The van der Waals surface area contributed by atoms with E-state index in [1.807, 2.05) is 40.7 Å². The minimum absolute atomic E-state index is 0.104. The van der Waals surface area contributed by atoms with Gasteiger partial charge in [-0.15, -0.1) is 0 Å². The molecule has 0 aliphatic heterocycles. The lowest BCUT2D eigenvalue weighted by molar-refractivity contribution is -0.139. The fraction of sp³-hybridized carbons (Fsp3) is 0.600. The second kappa shape index (κ2) is 13.6. The van der Waals surface area contributed by atoms with E-state index in [0.29, 0.717) is 16.9 Å². The predicted octanol–water partition coefficient (Wildman–Crippen LogP) is 1.07. The summed E-state index contributed by atoms with van der Waals surface area (Å²) in [4.78, 5) is 46.6. The van der Waals surface area contributed by atoms with Crippen molar-refractivity contribution >= 4 is 35.5 Å². The van der Waals surface area contributed by atoms with Gasteiger partial charge in [-0.1, -0.05) is 46.8 Å². The van der Waals surface area contributed by atoms with Crippen molar-refractivity contribution in [3.05, 3.63) is 28.8 Å². The van der Waals surface area contributed by atoms with Crippen LogP contribution in [0.3, 0.4) is 0 Å². The topological polar surface area (TPSA) is 199 Å². The standard InChI is InChI=1S/C25H39N3O8S/c1-24(2,3)15-8-14(9-16(21(15)33)25(4,5)13-29)11-37-12-18(22(34)27-10-20(31)32)28-19(30)7-6-17(26)23(35)36/h8-9,17-18,29,33H,6-7,10-13,26H2,1-5H3,(H,27,34)(H,28,30)(H,31,32)(H,35,36)/t17-,18-/m0/s1. The van der Waals surface area contributed by atoms with Crippen LogP contribution in [-0.2, 0) is 35.8 Å². The van der Waals surface area contributed by atoms with E-state index in [0.717, 1.165) is 5.56 Å². The van der Waals surface area contributed by atoms with Crippen LogP contribution in [0.15, 0.2) is 12.1 Å². The Labute approximate surface area is 221 Å². The third-order valence-electron chi connectivity index (χ3n) is 5.72. The summed E-state index contributed by atoms with van der Waals surface area (Å²) in [6.45, 7) is 8.73. The van der Waals surface area contributed by atoms with Crippen molar-refractivity contribution < 1.29 is 39.6 Å². The second-order valence-electron chi connectivity index (χ2n) is 10.6. The molecule has 0 unspecified atom stereocenters. The maximum Gasteiger partial charge on any atom is 0.322 e. The molecule has 0 heterocycles. The van der Waals surface area contributed by atoms with Gasteiger partial charge in [0, 0.05) is 28.9 Å². The number of aliphatic hydroxyl groups is 1. The van der Waals surface area contributed by atoms with Gasteiger partial charge in [-0.2, -0.15) is 11.8 Å². The van der Waals surface area contributed by atoms with Crippen molar-refractivity contribution in [3.8, 4) is 5.75 Å². The smallest absolute Gasteiger partial charge is 0.322 e. The monoisotopic (exact) mass is 541 g/mol. The summed E-state index contributed by atoms with van der Waals surface area (Å²) in [5.74, 6) is -3.12. The molecule has 0 bridgehead atoms. The Kier molecular flexibility index (Phi) is 11.9. The van der Waals surface area contributed by atoms with E-state index in [9.17, 15) is 29.4 Å². The van der Waals surface area contributed by atoms with E-state index in [-0.39, 0.29) is 36.4 Å². The van der Waals surface area contributed by atoms with Crippen LogP contribution in [0.4, 0.5) is 0 Å². The summed E-state index contributed by atoms with van der Waals surface area (Å²) >= 11 is 1.31. The highest BCUT2D eigenvalue weighted by Crippen LogP contribution is 2.40. The van der Waals surface area contributed by atoms with E-state index in [1.165, 1.54) is 11.8 Å². The maximum atomic E-state index is 12.5. The highest BCUT2D eigenvalue weighted by Gasteiger charge is 2.29. The van der Waals surface area contributed by atoms with Crippen molar-refractivity contribution in [1.29, 1.82) is 0 Å². The Morgan fingerprint density at radius 3 is 2.16 bits per heavy atom. The molecule has 0 radical (unpaired) electrons. The molecule has 0 spiro atoms. The number of hydrogen-bond donors (Lipinski definition) is 7. The zero-order chi connectivity index (χ0) is 28.6. The van der Waals surface area contributed by atoms with Gasteiger partial charge in [0.05, 0.1) is 6.61 Å². The van der Waals surface area contributed by atoms with E-state index < -0.39 is 47.8 Å². The number of amides is 2. The molecule has 1 aromatic carbocycles. The SMILES string of the molecule is CC(C)(C)c1cc(CSC[C@H](NC(=O)CC[C@H](N)C(=O)O)C(=O)NCC(=O)O)cc(C(C)(C)CO)c1O. The van der Waals surface area contributed by atoms with Gasteiger partial charge in [0.1, 0.15) is 24.4 Å². The molecule has 8 N–H and O–H groups in total. The molecule has 2 amide bonds. The number of aliphatic hydroxyl groups excluding tert-OH is 1. The van der Waals surface area contributed by atoms with Crippen LogP contribution in [-0.4, -0.2) is 75.2 Å². The zero-order valence-corrected chi connectivity index (χ0v) is 22.8. The average molecular weight is 542 g/mol. The van der Waals surface area contributed by atoms with Crippen molar-refractivity contribution in [2.45, 2.75) is 76.1 Å². The summed E-state index contributed by atoms with van der Waals surface area (Å²) in [7, 11) is 0. The van der Waals surface area contributed by atoms with Crippen molar-refractivity contribution in [3.63, 3.8) is 0 Å². The Balaban J connectivity index is 3.07. The Hall–Kier alpha value is -2.83. The quantitative estimate of drug-likeness (QED) is 0.179. The normalized spacial score (nSPS) is 13.5. The number of aromatic hydroxyl groups is 1. The molecule has 1 rings (SSSR count). The number of rotatable bonds is 14. The molecule has 2 atom stereocenters. The molecule has 0 fully saturated rings. The van der Waals surface area contributed by atoms with Gasteiger partial charge < -0.3 is 36.8 Å². The Morgan fingerprint density at radius 1 is 1.05 bits per heavy atom. The summed E-state index contributed by atoms with van der Waals surface area (Å²) in [5.41, 5.74) is 6.49. The fourth-order valence-corrected chi connectivity index (χ4v) is 4.38. The summed E-state index contributed by atoms with van der Waals surface area (Å²) in [5, 5.41) is 43.3. The van der Waals surface area contributed by atoms with Crippen molar-refractivity contribution in [2.24, 2.45) is 5.73 Å². The molecule has 11 nitrogen and oxygen atoms in total. The molecular formula is C25H39N3O8S. The lowest BCUT2D eigenvalue weighted by Gasteiger charge is -2.29. The van der Waals surface area contributed by atoms with Gasteiger partial charge in [-0.3, -0.25) is 19.2 Å². The van der Waals surface area contributed by atoms with Gasteiger partial charge in [0.2, 0.25) is 11.8 Å². The van der Waals surface area contributed by atoms with Crippen LogP contribution in [0.25, 0.3) is 0 Å². The van der Waals surface area contributed by atoms with E-state index in [1.54, 1.807) is 6.07 Å². The van der Waals surface area contributed by atoms with Gasteiger partial charge in [0.25, 0.3) is 0 Å². The third-order valence-corrected chi connectivity index (χ3v) is 6.83. The first-order valence-corrected chi connectivity index (χ1v) is 13.0. The van der Waals surface area contributed by atoms with Crippen LogP contribution in [0.5, 0.6) is 5.75 Å². The molecule has 0 aromatic heterocycles. The zero-order valence-electron chi connectivity index (χ0n) is 22.0. The number of carbonyl (C=O) groups is 4. The number of hydrogen-bond acceptors (Lipinski definition) is 8. The van der Waals surface area contributed by atoms with Crippen LogP contribution < -0.4 is 16.4 Å². The second-order valence-corrected chi connectivity index (χ2v) is 11.6. The number of phenolic OH excluding ortho intramolecular Hbond substituents is 1. The minimum Gasteiger partial charge on any atom is -0.507 e. The summed E-state index contributed by atoms with van der Waals surface area (Å²) in [6, 6.07) is 1.39. The minimum atomic E-state index is -1.24. The molecule has 0 saturated carbocycles. The first-order chi connectivity index (χ1) is 17.0. The van der Waals surface area contributed by atoms with Gasteiger partial charge in [0.15, 0.2) is 0 Å². The largest absolute Gasteiger partial charge is 0.507 e. The molecule has 0 saturated heterocycles. The number of nitrogens with two attached hydrogens (primary N) is 1. The van der Waals surface area contributed by atoms with Crippen molar-refractivity contribution in [1.82, 2.24) is 10.6 Å². The van der Waals surface area contributed by atoms with E-state index in [2.05, 4.69) is 10.6 Å². The summed E-state index contributed by atoms with van der Waals surface area (Å²) in [6.07, 6.45) is -0.336. The summed E-state index contributed by atoms with van der Waals surface area (Å²) < 4.78 is 0. The molecular weight excluding hydrogens is 502 g/mol. The number of phenols is 1. The van der Waals surface area contributed by atoms with E-state index in [4.69, 9.17) is 15.9 Å². The van der Waals surface area contributed by atoms with Crippen LogP contribution in [0.2, 0.25) is 0 Å². The Bertz CT molecular complexity index is 991. The fourth-order valence-electron chi connectivity index (χ4n) is 3.39. The molecule has 0 aliphatic rings. The van der Waals surface area contributed by atoms with Gasteiger partial charge in [-0.25, -0.2) is 0 Å². The number of benzene rings is 1. The molecule has 12 heteroatoms. The highest BCUT2D eigenvalue weighted by atomic mass is 32.2. The third kappa shape index (κ3) is 10.2. The average Bonchev–Trinajstić information content (AvgIpc) is 2.79. The van der Waals surface area contributed by atoms with Crippen LogP contribution in [0.1, 0.15) is 64.2 Å². The lowest BCUT2D eigenvalue weighted by atomic mass is 9.78. The Morgan fingerprint density at radius 2 is 1.65 bits per heavy atom. The van der Waals surface area contributed by atoms with E-state index >= 15 is 0 Å². The number of thioether (sulfide) groups is 1. The predicted molar refractivity (Wildman–Crippen MR) is 141 cm³/mol. The molecule has 37 heavy (non-hydrogen) atoms. The van der Waals surface area contributed by atoms with Crippen LogP contribution >= 0.6 is 11.8 Å². The number of carboxylic acid groups (broad SMARTS) is 2. The molecule has 0 aliphatic carbocycles. The van der Waals surface area contributed by atoms with Crippen LogP contribution in [0, 0.1) is 0 Å². The first kappa shape index (κ1) is 32.2. The number of carboxylic acids is 2. The first-order valence-electron chi connectivity index (χ1n) is 11.8. The lowest BCUT2D eigenvalue weighted by Crippen LogP contribution is -2.49.